The number of hydrogen-bond acceptors (Lipinski definition) is 6. The fourth-order valence-electron chi connectivity index (χ4n) is 3.23. The van der Waals surface area contributed by atoms with Crippen molar-refractivity contribution >= 4 is 17.7 Å². The van der Waals surface area contributed by atoms with Gasteiger partial charge in [0, 0.05) is 19.0 Å². The zero-order valence-corrected chi connectivity index (χ0v) is 16.9. The van der Waals surface area contributed by atoms with Gasteiger partial charge in [0.05, 0.1) is 18.4 Å². The molecule has 1 aliphatic heterocycles. The monoisotopic (exact) mass is 418 g/mol. The van der Waals surface area contributed by atoms with Crippen LogP contribution in [-0.4, -0.2) is 52.9 Å². The van der Waals surface area contributed by atoms with Gasteiger partial charge in [-0.2, -0.15) is 13.2 Å². The smallest absolute Gasteiger partial charge is 0.416 e. The number of phenolic OH excluding ortho intramolecular Hbond substituents is 1. The first-order valence-corrected chi connectivity index (χ1v) is 8.93. The zero-order chi connectivity index (χ0) is 22.2. The number of esters is 1. The number of nitrogens with zero attached hydrogens (tertiary/aromatic N) is 1. The van der Waals surface area contributed by atoms with Crippen molar-refractivity contribution in [2.45, 2.75) is 57.5 Å². The third-order valence-electron chi connectivity index (χ3n) is 4.57. The molecule has 7 nitrogen and oxygen atoms in total. The minimum Gasteiger partial charge on any atom is -0.506 e. The number of carbonyl (C=O) groups excluding carboxylic acids is 2. The lowest BCUT2D eigenvalue weighted by Crippen LogP contribution is -2.52. The summed E-state index contributed by atoms with van der Waals surface area (Å²) >= 11 is 0. The summed E-state index contributed by atoms with van der Waals surface area (Å²) in [5.74, 6) is -1.24. The van der Waals surface area contributed by atoms with Gasteiger partial charge in [-0.05, 0) is 45.9 Å². The number of hydrogen-bond donors (Lipinski definition) is 2. The lowest BCUT2D eigenvalue weighted by atomic mass is 9.97. The summed E-state index contributed by atoms with van der Waals surface area (Å²) in [4.78, 5) is 26.2. The number of ether oxygens (including phenoxy) is 2. The average molecular weight is 418 g/mol. The number of alkyl halides is 3. The maximum absolute atomic E-state index is 12.8. The number of anilines is 1. The van der Waals surface area contributed by atoms with Crippen LogP contribution in [0.3, 0.4) is 0 Å². The van der Waals surface area contributed by atoms with Crippen LogP contribution in [0.5, 0.6) is 5.75 Å². The lowest BCUT2D eigenvalue weighted by Gasteiger charge is -2.33. The normalized spacial score (nSPS) is 22.3. The molecular formula is C19H25F3N2O5. The van der Waals surface area contributed by atoms with Gasteiger partial charge >= 0.3 is 18.2 Å². The molecule has 2 N–H and O–H groups in total. The second-order valence-corrected chi connectivity index (χ2v) is 8.13. The first-order chi connectivity index (χ1) is 13.2. The fraction of sp³-hybridized carbons (Fsp3) is 0.579. The van der Waals surface area contributed by atoms with Crippen LogP contribution >= 0.6 is 0 Å². The van der Waals surface area contributed by atoms with E-state index in [-0.39, 0.29) is 18.7 Å². The van der Waals surface area contributed by atoms with Crippen molar-refractivity contribution in [3.8, 4) is 5.75 Å². The number of methoxy groups -OCH3 is 1. The molecule has 1 aromatic carbocycles. The van der Waals surface area contributed by atoms with Crippen molar-refractivity contribution in [1.82, 2.24) is 4.90 Å². The van der Waals surface area contributed by atoms with E-state index >= 15 is 0 Å². The second kappa shape index (κ2) is 7.64. The molecule has 1 saturated heterocycles. The molecule has 29 heavy (non-hydrogen) atoms. The molecule has 0 bridgehead atoms. The molecule has 1 fully saturated rings. The highest BCUT2D eigenvalue weighted by Crippen LogP contribution is 2.37. The highest BCUT2D eigenvalue weighted by molar-refractivity contribution is 5.86. The van der Waals surface area contributed by atoms with Crippen molar-refractivity contribution in [3.05, 3.63) is 23.8 Å². The molecular weight excluding hydrogens is 393 g/mol. The largest absolute Gasteiger partial charge is 0.506 e. The van der Waals surface area contributed by atoms with Gasteiger partial charge < -0.3 is 19.9 Å². The molecule has 0 saturated carbocycles. The van der Waals surface area contributed by atoms with E-state index in [0.717, 1.165) is 12.1 Å². The first kappa shape index (κ1) is 22.6. The molecule has 162 valence electrons. The Bertz CT molecular complexity index is 791. The van der Waals surface area contributed by atoms with Gasteiger partial charge in [0.15, 0.2) is 0 Å². The van der Waals surface area contributed by atoms with E-state index < -0.39 is 46.7 Å². The molecule has 0 aromatic heterocycles. The summed E-state index contributed by atoms with van der Waals surface area (Å²) in [7, 11) is 1.20. The molecule has 0 unspecified atom stereocenters. The summed E-state index contributed by atoms with van der Waals surface area (Å²) < 4.78 is 48.5. The summed E-state index contributed by atoms with van der Waals surface area (Å²) in [6, 6.07) is 2.02. The Balaban J connectivity index is 2.25. The quantitative estimate of drug-likeness (QED) is 0.574. The Morgan fingerprint density at radius 3 is 2.38 bits per heavy atom. The standard InChI is InChI=1S/C19H25F3N2O5/c1-17(2,3)29-16(27)24-10-12(9-18(24,4)15(26)28-5)23-13-7-6-11(8-14(13)25)19(20,21)22/h6-8,12,23,25H,9-10H2,1-5H3/t12-,18+/m0/s1. The Kier molecular flexibility index (Phi) is 5.97. The van der Waals surface area contributed by atoms with E-state index in [1.54, 1.807) is 20.8 Å². The molecule has 1 heterocycles. The van der Waals surface area contributed by atoms with Crippen LogP contribution in [0.15, 0.2) is 18.2 Å². The van der Waals surface area contributed by atoms with Gasteiger partial charge in [0.2, 0.25) is 0 Å². The van der Waals surface area contributed by atoms with Crippen LogP contribution in [0.4, 0.5) is 23.7 Å². The number of nitrogens with one attached hydrogen (secondary N) is 1. The van der Waals surface area contributed by atoms with E-state index in [9.17, 15) is 27.9 Å². The van der Waals surface area contributed by atoms with E-state index in [1.807, 2.05) is 0 Å². The number of amides is 1. The predicted octanol–water partition coefficient (Wildman–Crippen LogP) is 3.76. The molecule has 1 amide bonds. The molecule has 10 heteroatoms. The second-order valence-electron chi connectivity index (χ2n) is 8.13. The highest BCUT2D eigenvalue weighted by Gasteiger charge is 2.52. The number of rotatable bonds is 3. The van der Waals surface area contributed by atoms with Gasteiger partial charge in [-0.15, -0.1) is 0 Å². The first-order valence-electron chi connectivity index (χ1n) is 8.93. The Morgan fingerprint density at radius 1 is 1.28 bits per heavy atom. The van der Waals surface area contributed by atoms with Crippen LogP contribution < -0.4 is 5.32 Å². The number of benzene rings is 1. The Labute approximate surface area is 166 Å². The van der Waals surface area contributed by atoms with Crippen molar-refractivity contribution in [2.75, 3.05) is 19.0 Å². The van der Waals surface area contributed by atoms with Gasteiger partial charge in [0.25, 0.3) is 0 Å². The number of likely N-dealkylation sites (tertiary alicyclic amines) is 1. The maximum atomic E-state index is 12.8. The molecule has 2 atom stereocenters. The van der Waals surface area contributed by atoms with E-state index in [4.69, 9.17) is 9.47 Å². The van der Waals surface area contributed by atoms with Crippen molar-refractivity contribution < 1.29 is 37.3 Å². The fourth-order valence-corrected chi connectivity index (χ4v) is 3.23. The van der Waals surface area contributed by atoms with Gasteiger partial charge in [-0.3, -0.25) is 4.90 Å². The average Bonchev–Trinajstić information content (AvgIpc) is 2.91. The molecule has 2 rings (SSSR count). The van der Waals surface area contributed by atoms with Crippen LogP contribution in [0.25, 0.3) is 0 Å². The van der Waals surface area contributed by atoms with Crippen LogP contribution in [0.2, 0.25) is 0 Å². The molecule has 0 radical (unpaired) electrons. The molecule has 0 spiro atoms. The number of halogens is 3. The molecule has 1 aliphatic rings. The molecule has 1 aromatic rings. The van der Waals surface area contributed by atoms with Crippen molar-refractivity contribution in [2.24, 2.45) is 0 Å². The van der Waals surface area contributed by atoms with E-state index in [1.165, 1.54) is 18.9 Å². The van der Waals surface area contributed by atoms with Crippen LogP contribution in [0, 0.1) is 0 Å². The summed E-state index contributed by atoms with van der Waals surface area (Å²) in [6.07, 6.45) is -5.19. The van der Waals surface area contributed by atoms with Crippen LogP contribution in [0.1, 0.15) is 39.7 Å². The third-order valence-corrected chi connectivity index (χ3v) is 4.57. The number of carbonyl (C=O) groups is 2. The number of aromatic hydroxyl groups is 1. The van der Waals surface area contributed by atoms with Crippen LogP contribution in [-0.2, 0) is 20.4 Å². The zero-order valence-electron chi connectivity index (χ0n) is 16.9. The van der Waals surface area contributed by atoms with Gasteiger partial charge in [0.1, 0.15) is 16.9 Å². The summed E-state index contributed by atoms with van der Waals surface area (Å²) in [5, 5.41) is 12.9. The van der Waals surface area contributed by atoms with Gasteiger partial charge in [-0.25, -0.2) is 9.59 Å². The third kappa shape index (κ3) is 5.04. The highest BCUT2D eigenvalue weighted by atomic mass is 19.4. The minimum absolute atomic E-state index is 0.0287. The van der Waals surface area contributed by atoms with Gasteiger partial charge in [-0.1, -0.05) is 0 Å². The summed E-state index contributed by atoms with van der Waals surface area (Å²) in [6.45, 7) is 6.61. The van der Waals surface area contributed by atoms with E-state index in [2.05, 4.69) is 5.32 Å². The SMILES string of the molecule is COC(=O)[C@@]1(C)C[C@H](Nc2ccc(C(F)(F)F)cc2O)CN1C(=O)OC(C)(C)C. The summed E-state index contributed by atoms with van der Waals surface area (Å²) in [5.41, 5.74) is -3.05. The Morgan fingerprint density at radius 2 is 1.90 bits per heavy atom. The van der Waals surface area contributed by atoms with E-state index in [0.29, 0.717) is 6.07 Å². The topological polar surface area (TPSA) is 88.1 Å². The maximum Gasteiger partial charge on any atom is 0.416 e. The van der Waals surface area contributed by atoms with Crippen molar-refractivity contribution in [3.63, 3.8) is 0 Å². The van der Waals surface area contributed by atoms with Crippen molar-refractivity contribution in [1.29, 1.82) is 0 Å². The predicted molar refractivity (Wildman–Crippen MR) is 98.5 cm³/mol. The number of phenols is 1. The lowest BCUT2D eigenvalue weighted by molar-refractivity contribution is -0.152. The molecule has 0 aliphatic carbocycles. The minimum atomic E-state index is -4.58. The Hall–Kier alpha value is -2.65.